The summed E-state index contributed by atoms with van der Waals surface area (Å²) in [6.45, 7) is 4.01. The van der Waals surface area contributed by atoms with E-state index in [0.717, 1.165) is 0 Å². The van der Waals surface area contributed by atoms with Crippen molar-refractivity contribution in [2.24, 2.45) is 11.8 Å². The number of hydrogen-bond acceptors (Lipinski definition) is 2. The Hall–Kier alpha value is -0.710. The van der Waals surface area contributed by atoms with Gasteiger partial charge in [-0.05, 0) is 37.5 Å². The van der Waals surface area contributed by atoms with Crippen LogP contribution in [0.5, 0.6) is 0 Å². The van der Waals surface area contributed by atoms with E-state index in [2.05, 4.69) is 0 Å². The lowest BCUT2D eigenvalue weighted by atomic mass is 9.72. The molecule has 0 aliphatic heterocycles. The fourth-order valence-electron chi connectivity index (χ4n) is 2.30. The van der Waals surface area contributed by atoms with Gasteiger partial charge in [0, 0.05) is 0 Å². The number of halogens is 2. The molecule has 3 nitrogen and oxygen atoms in total. The van der Waals surface area contributed by atoms with E-state index in [-0.39, 0.29) is 12.8 Å². The average molecular weight is 236 g/mol. The Kier molecular flexibility index (Phi) is 3.57. The van der Waals surface area contributed by atoms with Crippen LogP contribution < -0.4 is 0 Å². The molecule has 0 saturated heterocycles. The minimum atomic E-state index is -4.05. The molecule has 0 amide bonds. The highest BCUT2D eigenvalue weighted by molar-refractivity contribution is 5.77. The highest BCUT2D eigenvalue weighted by Crippen LogP contribution is 2.44. The van der Waals surface area contributed by atoms with Gasteiger partial charge in [-0.2, -0.15) is 8.78 Å². The lowest BCUT2D eigenvalue weighted by Gasteiger charge is -2.40. The quantitative estimate of drug-likeness (QED) is 0.790. The van der Waals surface area contributed by atoms with E-state index >= 15 is 0 Å². The van der Waals surface area contributed by atoms with E-state index in [1.54, 1.807) is 0 Å². The third kappa shape index (κ3) is 2.19. The minimum Gasteiger partial charge on any atom is -0.477 e. The van der Waals surface area contributed by atoms with Crippen LogP contribution in [-0.4, -0.2) is 27.7 Å². The Bertz CT molecular complexity index is 268. The molecule has 1 rings (SSSR count). The van der Waals surface area contributed by atoms with E-state index in [0.29, 0.717) is 24.7 Å². The maximum atomic E-state index is 13.3. The van der Waals surface area contributed by atoms with E-state index < -0.39 is 17.5 Å². The maximum absolute atomic E-state index is 13.3. The molecule has 0 spiro atoms. The molecule has 0 bridgehead atoms. The summed E-state index contributed by atoms with van der Waals surface area (Å²) in [4.78, 5) is 10.4. The molecular formula is C11H18F2O3. The summed E-state index contributed by atoms with van der Waals surface area (Å²) in [6, 6.07) is 0. The lowest BCUT2D eigenvalue weighted by molar-refractivity contribution is -0.218. The van der Waals surface area contributed by atoms with Gasteiger partial charge in [0.25, 0.3) is 0 Å². The molecule has 0 aromatic rings. The second kappa shape index (κ2) is 4.28. The molecule has 0 aromatic carbocycles. The third-order valence-electron chi connectivity index (χ3n) is 3.65. The zero-order valence-electron chi connectivity index (χ0n) is 9.54. The Labute approximate surface area is 93.5 Å². The van der Waals surface area contributed by atoms with Crippen molar-refractivity contribution in [2.75, 3.05) is 0 Å². The van der Waals surface area contributed by atoms with Gasteiger partial charge < -0.3 is 10.2 Å². The predicted molar refractivity (Wildman–Crippen MR) is 54.3 cm³/mol. The number of aliphatic hydroxyl groups is 1. The van der Waals surface area contributed by atoms with Crippen molar-refractivity contribution in [3.05, 3.63) is 0 Å². The molecule has 16 heavy (non-hydrogen) atoms. The van der Waals surface area contributed by atoms with Gasteiger partial charge in [0.05, 0.1) is 0 Å². The monoisotopic (exact) mass is 236 g/mol. The van der Waals surface area contributed by atoms with Gasteiger partial charge in [-0.15, -0.1) is 0 Å². The first-order valence-corrected chi connectivity index (χ1v) is 5.54. The summed E-state index contributed by atoms with van der Waals surface area (Å²) in [7, 11) is 0. The molecular weight excluding hydrogens is 218 g/mol. The number of carbonyl (C=O) groups is 1. The predicted octanol–water partition coefficient (Wildman–Crippen LogP) is 2.28. The Morgan fingerprint density at radius 2 is 1.81 bits per heavy atom. The number of aliphatic carboxylic acids is 1. The average Bonchev–Trinajstić information content (AvgIpc) is 2.17. The Morgan fingerprint density at radius 3 is 2.12 bits per heavy atom. The molecule has 2 N–H and O–H groups in total. The van der Waals surface area contributed by atoms with Crippen molar-refractivity contribution in [2.45, 2.75) is 51.1 Å². The van der Waals surface area contributed by atoms with Crippen LogP contribution >= 0.6 is 0 Å². The van der Waals surface area contributed by atoms with Gasteiger partial charge in [-0.25, -0.2) is 4.79 Å². The summed E-state index contributed by atoms with van der Waals surface area (Å²) in [5.41, 5.74) is -2.37. The fraction of sp³-hybridized carbons (Fsp3) is 0.909. The van der Waals surface area contributed by atoms with Crippen LogP contribution in [0.2, 0.25) is 0 Å². The molecule has 0 aromatic heterocycles. The van der Waals surface area contributed by atoms with Crippen LogP contribution in [0.4, 0.5) is 8.78 Å². The Balaban J connectivity index is 2.73. The van der Waals surface area contributed by atoms with Crippen molar-refractivity contribution in [3.63, 3.8) is 0 Å². The molecule has 1 aliphatic rings. The first-order chi connectivity index (χ1) is 7.21. The number of rotatable bonds is 3. The van der Waals surface area contributed by atoms with Crippen molar-refractivity contribution in [1.29, 1.82) is 0 Å². The Morgan fingerprint density at radius 1 is 1.38 bits per heavy atom. The van der Waals surface area contributed by atoms with Crippen LogP contribution in [-0.2, 0) is 4.79 Å². The lowest BCUT2D eigenvalue weighted by Crippen LogP contribution is -2.55. The van der Waals surface area contributed by atoms with Gasteiger partial charge in [-0.3, -0.25) is 0 Å². The first-order valence-electron chi connectivity index (χ1n) is 5.54. The molecule has 0 unspecified atom stereocenters. The molecule has 1 saturated carbocycles. The molecule has 5 heteroatoms. The largest absolute Gasteiger partial charge is 0.477 e. The summed E-state index contributed by atoms with van der Waals surface area (Å²) < 4.78 is 26.6. The van der Waals surface area contributed by atoms with Crippen molar-refractivity contribution in [3.8, 4) is 0 Å². The normalized spacial score (nSPS) is 31.8. The van der Waals surface area contributed by atoms with E-state index in [9.17, 15) is 18.7 Å². The van der Waals surface area contributed by atoms with Crippen LogP contribution in [0.3, 0.4) is 0 Å². The highest BCUT2D eigenvalue weighted by atomic mass is 19.3. The molecule has 1 fully saturated rings. The third-order valence-corrected chi connectivity index (χ3v) is 3.65. The van der Waals surface area contributed by atoms with Crippen LogP contribution in [0.25, 0.3) is 0 Å². The van der Waals surface area contributed by atoms with E-state index in [1.807, 2.05) is 13.8 Å². The van der Waals surface area contributed by atoms with Crippen LogP contribution in [0.15, 0.2) is 0 Å². The van der Waals surface area contributed by atoms with Gasteiger partial charge >= 0.3 is 11.9 Å². The number of alkyl halides is 2. The first kappa shape index (κ1) is 13.4. The van der Waals surface area contributed by atoms with Crippen LogP contribution in [0.1, 0.15) is 39.5 Å². The van der Waals surface area contributed by atoms with E-state index in [1.165, 1.54) is 0 Å². The SMILES string of the molecule is CC(C)C1CCC(O)(C(F)(F)C(=O)O)CC1. The zero-order chi connectivity index (χ0) is 12.6. The van der Waals surface area contributed by atoms with Crippen molar-refractivity contribution < 1.29 is 23.8 Å². The number of hydrogen-bond donors (Lipinski definition) is 2. The minimum absolute atomic E-state index is 0.144. The number of carboxylic acid groups (broad SMARTS) is 1. The molecule has 0 heterocycles. The molecule has 94 valence electrons. The maximum Gasteiger partial charge on any atom is 0.377 e. The summed E-state index contributed by atoms with van der Waals surface area (Å²) >= 11 is 0. The highest BCUT2D eigenvalue weighted by Gasteiger charge is 2.59. The van der Waals surface area contributed by atoms with Gasteiger partial charge in [-0.1, -0.05) is 13.8 Å². The van der Waals surface area contributed by atoms with Gasteiger partial charge in [0.1, 0.15) is 5.60 Å². The molecule has 0 atom stereocenters. The van der Waals surface area contributed by atoms with Gasteiger partial charge in [0.15, 0.2) is 0 Å². The second-order valence-corrected chi connectivity index (χ2v) is 4.99. The standard InChI is InChI=1S/C11H18F2O3/c1-7(2)8-3-5-10(16,6-4-8)11(12,13)9(14)15/h7-8,16H,3-6H2,1-2H3,(H,14,15). The smallest absolute Gasteiger partial charge is 0.377 e. The van der Waals surface area contributed by atoms with Crippen molar-refractivity contribution in [1.82, 2.24) is 0 Å². The van der Waals surface area contributed by atoms with Crippen LogP contribution in [0, 0.1) is 11.8 Å². The fourth-order valence-corrected chi connectivity index (χ4v) is 2.30. The second-order valence-electron chi connectivity index (χ2n) is 4.99. The van der Waals surface area contributed by atoms with E-state index in [4.69, 9.17) is 5.11 Å². The van der Waals surface area contributed by atoms with Gasteiger partial charge in [0.2, 0.25) is 0 Å². The van der Waals surface area contributed by atoms with Crippen molar-refractivity contribution >= 4 is 5.97 Å². The summed E-state index contributed by atoms with van der Waals surface area (Å²) in [6.07, 6.45) is 0.623. The summed E-state index contributed by atoms with van der Waals surface area (Å²) in [5.74, 6) is -5.61. The zero-order valence-corrected chi connectivity index (χ0v) is 9.54. The summed E-state index contributed by atoms with van der Waals surface area (Å²) in [5, 5.41) is 18.2. The topological polar surface area (TPSA) is 57.5 Å². The molecule has 0 radical (unpaired) electrons. The number of carboxylic acids is 1. The molecule has 1 aliphatic carbocycles.